The molecule has 22 heavy (non-hydrogen) atoms. The van der Waals surface area contributed by atoms with Crippen molar-refractivity contribution in [1.29, 1.82) is 0 Å². The summed E-state index contributed by atoms with van der Waals surface area (Å²) in [6, 6.07) is 0. The summed E-state index contributed by atoms with van der Waals surface area (Å²) >= 11 is 0. The van der Waals surface area contributed by atoms with Gasteiger partial charge in [0.1, 0.15) is 6.10 Å². The van der Waals surface area contributed by atoms with Gasteiger partial charge in [0.05, 0.1) is 12.5 Å². The van der Waals surface area contributed by atoms with Crippen LogP contribution in [0.25, 0.3) is 0 Å². The largest absolute Gasteiger partial charge is 0.469 e. The Morgan fingerprint density at radius 1 is 1.23 bits per heavy atom. The third kappa shape index (κ3) is 5.62. The van der Waals surface area contributed by atoms with Crippen molar-refractivity contribution in [2.75, 3.05) is 7.11 Å². The molecule has 0 N–H and O–H groups in total. The zero-order valence-electron chi connectivity index (χ0n) is 14.7. The summed E-state index contributed by atoms with van der Waals surface area (Å²) in [4.78, 5) is 22.9. The first-order chi connectivity index (χ1) is 10.4. The Morgan fingerprint density at radius 2 is 1.82 bits per heavy atom. The van der Waals surface area contributed by atoms with E-state index in [9.17, 15) is 9.59 Å². The van der Waals surface area contributed by atoms with Gasteiger partial charge in [0.15, 0.2) is 0 Å². The molecule has 0 bridgehead atoms. The van der Waals surface area contributed by atoms with E-state index in [1.165, 1.54) is 20.0 Å². The van der Waals surface area contributed by atoms with Crippen LogP contribution >= 0.6 is 0 Å². The van der Waals surface area contributed by atoms with Crippen molar-refractivity contribution in [3.63, 3.8) is 0 Å². The first kappa shape index (κ1) is 19.0. The van der Waals surface area contributed by atoms with Gasteiger partial charge in [-0.15, -0.1) is 0 Å². The van der Waals surface area contributed by atoms with Crippen molar-refractivity contribution in [1.82, 2.24) is 0 Å². The fraction of sp³-hybridized carbons (Fsp3) is 0.889. The van der Waals surface area contributed by atoms with E-state index in [4.69, 9.17) is 4.74 Å². The van der Waals surface area contributed by atoms with Gasteiger partial charge in [-0.25, -0.2) is 0 Å². The van der Waals surface area contributed by atoms with Crippen LogP contribution in [-0.4, -0.2) is 25.2 Å². The quantitative estimate of drug-likeness (QED) is 0.447. The van der Waals surface area contributed by atoms with E-state index < -0.39 is 0 Å². The third-order valence-electron chi connectivity index (χ3n) is 5.05. The van der Waals surface area contributed by atoms with Crippen molar-refractivity contribution in [3.05, 3.63) is 0 Å². The monoisotopic (exact) mass is 312 g/mol. The van der Waals surface area contributed by atoms with Gasteiger partial charge in [0.2, 0.25) is 0 Å². The molecule has 1 aliphatic heterocycles. The first-order valence-electron chi connectivity index (χ1n) is 8.68. The highest BCUT2D eigenvalue weighted by Crippen LogP contribution is 2.41. The van der Waals surface area contributed by atoms with E-state index >= 15 is 0 Å². The Bertz CT molecular complexity index is 364. The van der Waals surface area contributed by atoms with Crippen LogP contribution in [0.3, 0.4) is 0 Å². The lowest BCUT2D eigenvalue weighted by molar-refractivity contribution is -0.150. The van der Waals surface area contributed by atoms with Crippen molar-refractivity contribution in [2.24, 2.45) is 11.3 Å². The number of unbranched alkanes of at least 4 members (excludes halogenated alkanes) is 5. The second-order valence-corrected chi connectivity index (χ2v) is 7.04. The number of carbonyl (C=O) groups excluding carboxylic acids is 2. The maximum Gasteiger partial charge on any atom is 0.312 e. The molecule has 2 atom stereocenters. The molecule has 4 nitrogen and oxygen atoms in total. The van der Waals surface area contributed by atoms with Gasteiger partial charge in [-0.3, -0.25) is 9.59 Å². The van der Waals surface area contributed by atoms with Crippen LogP contribution in [0.4, 0.5) is 0 Å². The summed E-state index contributed by atoms with van der Waals surface area (Å²) in [6.45, 7) is 6.22. The molecule has 1 heterocycles. The molecule has 0 amide bonds. The maximum absolute atomic E-state index is 12.0. The van der Waals surface area contributed by atoms with Crippen molar-refractivity contribution in [3.8, 4) is 0 Å². The average Bonchev–Trinajstić information content (AvgIpc) is 2.77. The van der Waals surface area contributed by atoms with Crippen LogP contribution in [0, 0.1) is 11.3 Å². The molecule has 1 saturated heterocycles. The molecule has 0 saturated carbocycles. The standard InChI is InChI=1S/C18H32O4/c1-14(2)18(3)13-15(22-17(18)20)11-9-7-5-6-8-10-12-16(19)21-4/h14-15H,5-13H2,1-4H3/t15-,18+/m0/s1. The number of esters is 2. The van der Waals surface area contributed by atoms with E-state index in [0.717, 1.165) is 38.5 Å². The normalized spacial score (nSPS) is 24.6. The lowest BCUT2D eigenvalue weighted by atomic mass is 9.76. The Labute approximate surface area is 134 Å². The van der Waals surface area contributed by atoms with Gasteiger partial charge in [-0.1, -0.05) is 39.5 Å². The van der Waals surface area contributed by atoms with Gasteiger partial charge in [-0.05, 0) is 32.1 Å². The van der Waals surface area contributed by atoms with E-state index in [0.29, 0.717) is 12.3 Å². The van der Waals surface area contributed by atoms with Crippen LogP contribution in [0.2, 0.25) is 0 Å². The summed E-state index contributed by atoms with van der Waals surface area (Å²) in [7, 11) is 1.43. The summed E-state index contributed by atoms with van der Waals surface area (Å²) in [5.74, 6) is 0.200. The fourth-order valence-electron chi connectivity index (χ4n) is 2.97. The summed E-state index contributed by atoms with van der Waals surface area (Å²) < 4.78 is 10.1. The third-order valence-corrected chi connectivity index (χ3v) is 5.05. The maximum atomic E-state index is 12.0. The molecule has 0 spiro atoms. The zero-order chi connectivity index (χ0) is 16.6. The van der Waals surface area contributed by atoms with Crippen LogP contribution < -0.4 is 0 Å². The number of hydrogen-bond acceptors (Lipinski definition) is 4. The molecular formula is C18H32O4. The number of rotatable bonds is 10. The topological polar surface area (TPSA) is 52.6 Å². The van der Waals surface area contributed by atoms with Gasteiger partial charge in [0, 0.05) is 12.8 Å². The molecule has 1 fully saturated rings. The Morgan fingerprint density at radius 3 is 2.36 bits per heavy atom. The molecular weight excluding hydrogens is 280 g/mol. The van der Waals surface area contributed by atoms with Crippen molar-refractivity contribution < 1.29 is 19.1 Å². The molecule has 4 heteroatoms. The summed E-state index contributed by atoms with van der Waals surface area (Å²) in [5.41, 5.74) is -0.293. The summed E-state index contributed by atoms with van der Waals surface area (Å²) in [6.07, 6.45) is 9.11. The molecule has 0 aromatic carbocycles. The highest BCUT2D eigenvalue weighted by Gasteiger charge is 2.46. The van der Waals surface area contributed by atoms with E-state index in [1.807, 2.05) is 6.92 Å². The van der Waals surface area contributed by atoms with Gasteiger partial charge in [-0.2, -0.15) is 0 Å². The molecule has 0 aromatic rings. The second kappa shape index (κ2) is 9.16. The van der Waals surface area contributed by atoms with Gasteiger partial charge < -0.3 is 9.47 Å². The Kier molecular flexibility index (Phi) is 7.91. The minimum atomic E-state index is -0.293. The number of cyclic esters (lactones) is 1. The SMILES string of the molecule is COC(=O)CCCCCCCC[C@H]1C[C@](C)(C(C)C)C(=O)O1. The number of ether oxygens (including phenoxy) is 2. The van der Waals surface area contributed by atoms with Crippen LogP contribution in [0.1, 0.15) is 78.6 Å². The van der Waals surface area contributed by atoms with Crippen LogP contribution in [0.15, 0.2) is 0 Å². The van der Waals surface area contributed by atoms with Crippen LogP contribution in [-0.2, 0) is 19.1 Å². The lowest BCUT2D eigenvalue weighted by Crippen LogP contribution is -2.28. The molecule has 128 valence electrons. The minimum Gasteiger partial charge on any atom is -0.469 e. The van der Waals surface area contributed by atoms with Gasteiger partial charge >= 0.3 is 11.9 Å². The average molecular weight is 312 g/mol. The molecule has 1 aliphatic rings. The predicted octanol–water partition coefficient (Wildman–Crippen LogP) is 4.26. The highest BCUT2D eigenvalue weighted by molar-refractivity contribution is 5.78. The van der Waals surface area contributed by atoms with Crippen molar-refractivity contribution in [2.45, 2.75) is 84.7 Å². The smallest absolute Gasteiger partial charge is 0.312 e. The minimum absolute atomic E-state index is 0.0182. The fourth-order valence-corrected chi connectivity index (χ4v) is 2.97. The second-order valence-electron chi connectivity index (χ2n) is 7.04. The molecule has 0 radical (unpaired) electrons. The number of carbonyl (C=O) groups is 2. The van der Waals surface area contributed by atoms with Gasteiger partial charge in [0.25, 0.3) is 0 Å². The first-order valence-corrected chi connectivity index (χ1v) is 8.68. The highest BCUT2D eigenvalue weighted by atomic mass is 16.6. The Hall–Kier alpha value is -1.06. The van der Waals surface area contributed by atoms with Crippen LogP contribution in [0.5, 0.6) is 0 Å². The Balaban J connectivity index is 2.04. The van der Waals surface area contributed by atoms with E-state index in [2.05, 4.69) is 18.6 Å². The van der Waals surface area contributed by atoms with E-state index in [1.54, 1.807) is 0 Å². The molecule has 0 aliphatic carbocycles. The lowest BCUT2D eigenvalue weighted by Gasteiger charge is -2.23. The summed E-state index contributed by atoms with van der Waals surface area (Å²) in [5, 5.41) is 0. The number of hydrogen-bond donors (Lipinski definition) is 0. The van der Waals surface area contributed by atoms with Crippen molar-refractivity contribution >= 4 is 11.9 Å². The van der Waals surface area contributed by atoms with E-state index in [-0.39, 0.29) is 23.5 Å². The molecule has 0 aromatic heterocycles. The molecule has 1 rings (SSSR count). The number of methoxy groups -OCH3 is 1. The zero-order valence-corrected chi connectivity index (χ0v) is 14.7. The molecule has 0 unspecified atom stereocenters. The predicted molar refractivity (Wildman–Crippen MR) is 86.4 cm³/mol.